The molecular formula is C24H17ClFN5O3. The maximum Gasteiger partial charge on any atom is 0.248 e. The van der Waals surface area contributed by atoms with Crippen LogP contribution in [0.25, 0.3) is 23.2 Å². The molecule has 0 aliphatic heterocycles. The third kappa shape index (κ3) is 5.16. The van der Waals surface area contributed by atoms with Crippen LogP contribution < -0.4 is 10.9 Å². The summed E-state index contributed by atoms with van der Waals surface area (Å²) < 4.78 is 15.0. The fourth-order valence-corrected chi connectivity index (χ4v) is 3.38. The number of carbonyl (C=O) groups is 2. The van der Waals surface area contributed by atoms with Crippen molar-refractivity contribution in [1.29, 1.82) is 0 Å². The van der Waals surface area contributed by atoms with Gasteiger partial charge in [-0.05, 0) is 48.5 Å². The summed E-state index contributed by atoms with van der Waals surface area (Å²) in [6, 6.07) is 15.4. The van der Waals surface area contributed by atoms with Crippen LogP contribution >= 0.6 is 11.6 Å². The van der Waals surface area contributed by atoms with Gasteiger partial charge in [-0.25, -0.2) is 4.39 Å². The SMILES string of the molecule is O=C(/C=C/c1nnc(-c2ccc(F)cc2)n1-c1ccccc1Cl)NCC(=O)c1cc[nH]c(=O)c1. The molecule has 10 heteroatoms. The number of benzene rings is 2. The van der Waals surface area contributed by atoms with Crippen molar-refractivity contribution in [3.63, 3.8) is 0 Å². The summed E-state index contributed by atoms with van der Waals surface area (Å²) in [6.07, 6.45) is 3.99. The van der Waals surface area contributed by atoms with Crippen molar-refractivity contribution >= 4 is 29.4 Å². The molecule has 2 N–H and O–H groups in total. The molecule has 0 fully saturated rings. The largest absolute Gasteiger partial charge is 0.345 e. The number of amides is 1. The molecule has 0 aliphatic carbocycles. The number of para-hydroxylation sites is 1. The summed E-state index contributed by atoms with van der Waals surface area (Å²) in [5.74, 6) is -0.652. The van der Waals surface area contributed by atoms with Crippen molar-refractivity contribution in [2.24, 2.45) is 0 Å². The molecule has 8 nitrogen and oxygen atoms in total. The second kappa shape index (κ2) is 10.1. The van der Waals surface area contributed by atoms with Crippen molar-refractivity contribution < 1.29 is 14.0 Å². The Labute approximate surface area is 197 Å². The first-order chi connectivity index (χ1) is 16.4. The number of hydrogen-bond acceptors (Lipinski definition) is 5. The van der Waals surface area contributed by atoms with Crippen LogP contribution in [0.4, 0.5) is 4.39 Å². The van der Waals surface area contributed by atoms with Gasteiger partial charge in [-0.1, -0.05) is 23.7 Å². The third-order valence-corrected chi connectivity index (χ3v) is 5.11. The molecule has 34 heavy (non-hydrogen) atoms. The van der Waals surface area contributed by atoms with E-state index in [1.165, 1.54) is 36.5 Å². The van der Waals surface area contributed by atoms with E-state index in [4.69, 9.17) is 11.6 Å². The summed E-state index contributed by atoms with van der Waals surface area (Å²) in [5.41, 5.74) is 0.947. The van der Waals surface area contributed by atoms with Crippen molar-refractivity contribution in [2.75, 3.05) is 6.54 Å². The van der Waals surface area contributed by atoms with Crippen LogP contribution in [-0.2, 0) is 4.79 Å². The van der Waals surface area contributed by atoms with Gasteiger partial charge in [0.2, 0.25) is 11.5 Å². The maximum atomic E-state index is 13.4. The van der Waals surface area contributed by atoms with E-state index in [1.807, 2.05) is 0 Å². The monoisotopic (exact) mass is 477 g/mol. The van der Waals surface area contributed by atoms with E-state index in [1.54, 1.807) is 41.0 Å². The molecule has 0 saturated carbocycles. The Kier molecular flexibility index (Phi) is 6.74. The zero-order chi connectivity index (χ0) is 24.1. The van der Waals surface area contributed by atoms with Crippen LogP contribution in [0, 0.1) is 5.82 Å². The van der Waals surface area contributed by atoms with E-state index in [-0.39, 0.29) is 17.9 Å². The fourth-order valence-electron chi connectivity index (χ4n) is 3.16. The van der Waals surface area contributed by atoms with Crippen LogP contribution in [0.15, 0.2) is 77.7 Å². The highest BCUT2D eigenvalue weighted by Gasteiger charge is 2.16. The highest BCUT2D eigenvalue weighted by Crippen LogP contribution is 2.28. The molecule has 0 saturated heterocycles. The molecular weight excluding hydrogens is 461 g/mol. The van der Waals surface area contributed by atoms with Crippen LogP contribution in [-0.4, -0.2) is 38.0 Å². The molecule has 2 aromatic carbocycles. The standard InChI is InChI=1S/C24H17ClFN5O3/c25-18-3-1-2-4-19(18)31-21(29-30-24(31)15-5-7-17(26)8-6-15)9-10-22(33)28-14-20(32)16-11-12-27-23(34)13-16/h1-13H,14H2,(H,27,34)(H,28,33)/b10-9+. The van der Waals surface area contributed by atoms with Crippen LogP contribution in [0.3, 0.4) is 0 Å². The number of nitrogens with one attached hydrogen (secondary N) is 2. The van der Waals surface area contributed by atoms with Gasteiger partial charge in [0.15, 0.2) is 17.4 Å². The minimum absolute atomic E-state index is 0.190. The average molecular weight is 478 g/mol. The second-order valence-corrected chi connectivity index (χ2v) is 7.50. The first kappa shape index (κ1) is 22.8. The van der Waals surface area contributed by atoms with E-state index in [2.05, 4.69) is 20.5 Å². The molecule has 170 valence electrons. The lowest BCUT2D eigenvalue weighted by atomic mass is 10.2. The number of rotatable bonds is 7. The summed E-state index contributed by atoms with van der Waals surface area (Å²) >= 11 is 6.39. The van der Waals surface area contributed by atoms with Gasteiger partial charge >= 0.3 is 0 Å². The number of hydrogen-bond donors (Lipinski definition) is 2. The molecule has 0 bridgehead atoms. The first-order valence-corrected chi connectivity index (χ1v) is 10.4. The van der Waals surface area contributed by atoms with Gasteiger partial charge in [-0.2, -0.15) is 0 Å². The minimum Gasteiger partial charge on any atom is -0.345 e. The molecule has 2 aromatic heterocycles. The third-order valence-electron chi connectivity index (χ3n) is 4.79. The highest BCUT2D eigenvalue weighted by molar-refractivity contribution is 6.32. The van der Waals surface area contributed by atoms with Gasteiger partial charge in [0.05, 0.1) is 17.3 Å². The van der Waals surface area contributed by atoms with Gasteiger partial charge in [0.25, 0.3) is 0 Å². The number of nitrogens with zero attached hydrogens (tertiary/aromatic N) is 3. The maximum absolute atomic E-state index is 13.4. The van der Waals surface area contributed by atoms with Crippen molar-refractivity contribution in [1.82, 2.24) is 25.1 Å². The predicted molar refractivity (Wildman–Crippen MR) is 125 cm³/mol. The first-order valence-electron chi connectivity index (χ1n) is 10.1. The Bertz CT molecular complexity index is 1440. The number of aromatic amines is 1. The van der Waals surface area contributed by atoms with E-state index in [9.17, 15) is 18.8 Å². The molecule has 4 rings (SSSR count). The van der Waals surface area contributed by atoms with Crippen LogP contribution in [0.5, 0.6) is 0 Å². The fraction of sp³-hybridized carbons (Fsp3) is 0.0417. The predicted octanol–water partition coefficient (Wildman–Crippen LogP) is 3.43. The Morgan fingerprint density at radius 1 is 1.09 bits per heavy atom. The minimum atomic E-state index is -0.546. The van der Waals surface area contributed by atoms with Gasteiger partial charge in [-0.3, -0.25) is 19.0 Å². The lowest BCUT2D eigenvalue weighted by Crippen LogP contribution is -2.28. The van der Waals surface area contributed by atoms with Gasteiger partial charge in [0, 0.05) is 29.5 Å². The number of pyridine rings is 1. The van der Waals surface area contributed by atoms with E-state index >= 15 is 0 Å². The quantitative estimate of drug-likeness (QED) is 0.313. The van der Waals surface area contributed by atoms with Gasteiger partial charge in [-0.15, -0.1) is 10.2 Å². The molecule has 0 radical (unpaired) electrons. The summed E-state index contributed by atoms with van der Waals surface area (Å²) in [4.78, 5) is 38.2. The summed E-state index contributed by atoms with van der Waals surface area (Å²) in [5, 5.41) is 11.2. The summed E-state index contributed by atoms with van der Waals surface area (Å²) in [6.45, 7) is -0.287. The number of Topliss-reactive ketones (excluding diaryl/α,β-unsaturated/α-hetero) is 1. The number of ketones is 1. The Hall–Kier alpha value is -4.37. The molecule has 2 heterocycles. The highest BCUT2D eigenvalue weighted by atomic mass is 35.5. The number of H-pyrrole nitrogens is 1. The molecule has 0 atom stereocenters. The second-order valence-electron chi connectivity index (χ2n) is 7.09. The van der Waals surface area contributed by atoms with E-state index < -0.39 is 17.2 Å². The number of carbonyl (C=O) groups excluding carboxylic acids is 2. The Morgan fingerprint density at radius 3 is 2.59 bits per heavy atom. The Balaban J connectivity index is 1.58. The molecule has 4 aromatic rings. The Morgan fingerprint density at radius 2 is 1.85 bits per heavy atom. The normalized spacial score (nSPS) is 11.0. The van der Waals surface area contributed by atoms with Crippen molar-refractivity contribution in [3.05, 3.63) is 106 Å². The number of halogens is 2. The lowest BCUT2D eigenvalue weighted by molar-refractivity contribution is -0.116. The van der Waals surface area contributed by atoms with Crippen LogP contribution in [0.1, 0.15) is 16.2 Å². The molecule has 0 aliphatic rings. The molecule has 0 unspecified atom stereocenters. The lowest BCUT2D eigenvalue weighted by Gasteiger charge is -2.11. The van der Waals surface area contributed by atoms with Gasteiger partial charge in [0.1, 0.15) is 5.82 Å². The van der Waals surface area contributed by atoms with E-state index in [0.717, 1.165) is 6.07 Å². The van der Waals surface area contributed by atoms with Crippen LogP contribution in [0.2, 0.25) is 5.02 Å². The zero-order valence-electron chi connectivity index (χ0n) is 17.5. The average Bonchev–Trinajstić information content (AvgIpc) is 3.25. The van der Waals surface area contributed by atoms with Crippen molar-refractivity contribution in [3.8, 4) is 17.1 Å². The van der Waals surface area contributed by atoms with E-state index in [0.29, 0.717) is 27.9 Å². The molecule has 0 spiro atoms. The smallest absolute Gasteiger partial charge is 0.248 e. The zero-order valence-corrected chi connectivity index (χ0v) is 18.3. The molecule has 1 amide bonds. The number of aromatic nitrogens is 4. The van der Waals surface area contributed by atoms with Crippen molar-refractivity contribution in [2.45, 2.75) is 0 Å². The summed E-state index contributed by atoms with van der Waals surface area (Å²) in [7, 11) is 0. The van der Waals surface area contributed by atoms with Gasteiger partial charge < -0.3 is 10.3 Å². The topological polar surface area (TPSA) is 110 Å².